The number of hydrogen-bond donors (Lipinski definition) is 2. The Kier molecular flexibility index (Phi) is 5.15. The van der Waals surface area contributed by atoms with Crippen LogP contribution in [0.25, 0.3) is 0 Å². The van der Waals surface area contributed by atoms with Crippen LogP contribution in [0.5, 0.6) is 0 Å². The van der Waals surface area contributed by atoms with Crippen LogP contribution in [-0.2, 0) is 9.59 Å². The first kappa shape index (κ1) is 17.2. The van der Waals surface area contributed by atoms with Gasteiger partial charge in [0.1, 0.15) is 5.92 Å². The smallest absolute Gasteiger partial charge is 0.316 e. The van der Waals surface area contributed by atoms with E-state index in [0.717, 1.165) is 16.8 Å². The third-order valence-electron chi connectivity index (χ3n) is 3.55. The van der Waals surface area contributed by atoms with Crippen molar-refractivity contribution in [3.8, 4) is 0 Å². The predicted octanol–water partition coefficient (Wildman–Crippen LogP) is 3.80. The average Bonchev–Trinajstić information content (AvgIpc) is 2.28. The van der Waals surface area contributed by atoms with Gasteiger partial charge in [0.05, 0.1) is 0 Å². The molecule has 4 heteroatoms. The van der Waals surface area contributed by atoms with Crippen LogP contribution in [0.4, 0.5) is 5.69 Å². The predicted molar refractivity (Wildman–Crippen MR) is 84.5 cm³/mol. The van der Waals surface area contributed by atoms with E-state index in [1.165, 1.54) is 0 Å². The van der Waals surface area contributed by atoms with Gasteiger partial charge in [0.2, 0.25) is 5.91 Å². The number of carbonyl (C=O) groups is 2. The quantitative estimate of drug-likeness (QED) is 0.829. The lowest BCUT2D eigenvalue weighted by molar-refractivity contribution is -0.149. The van der Waals surface area contributed by atoms with Crippen molar-refractivity contribution in [1.29, 1.82) is 0 Å². The van der Waals surface area contributed by atoms with Crippen LogP contribution in [0.3, 0.4) is 0 Å². The highest BCUT2D eigenvalue weighted by Crippen LogP contribution is 2.31. The molecular formula is C17H25NO3. The maximum Gasteiger partial charge on any atom is 0.316 e. The SMILES string of the molecule is Cc1cccc(C(C)C)c1NC(=O)C(C(=O)O)C(C)(C)C. The highest BCUT2D eigenvalue weighted by Gasteiger charge is 2.38. The number of rotatable bonds is 4. The summed E-state index contributed by atoms with van der Waals surface area (Å²) in [7, 11) is 0. The molecule has 0 aromatic heterocycles. The number of para-hydroxylation sites is 1. The highest BCUT2D eigenvalue weighted by atomic mass is 16.4. The maximum absolute atomic E-state index is 12.4. The second kappa shape index (κ2) is 6.29. The van der Waals surface area contributed by atoms with Crippen molar-refractivity contribution >= 4 is 17.6 Å². The van der Waals surface area contributed by atoms with Gasteiger partial charge in [0, 0.05) is 5.69 Å². The minimum Gasteiger partial charge on any atom is -0.481 e. The zero-order valence-electron chi connectivity index (χ0n) is 13.7. The summed E-state index contributed by atoms with van der Waals surface area (Å²) < 4.78 is 0. The van der Waals surface area contributed by atoms with Crippen LogP contribution < -0.4 is 5.32 Å². The molecule has 0 spiro atoms. The Balaban J connectivity index is 3.16. The zero-order chi connectivity index (χ0) is 16.4. The highest BCUT2D eigenvalue weighted by molar-refractivity contribution is 6.05. The molecule has 1 unspecified atom stereocenters. The fraction of sp³-hybridized carbons (Fsp3) is 0.529. The standard InChI is InChI=1S/C17H25NO3/c1-10(2)12-9-7-8-11(3)14(12)18-15(19)13(16(20)21)17(4,5)6/h7-10,13H,1-6H3,(H,18,19)(H,20,21). The summed E-state index contributed by atoms with van der Waals surface area (Å²) in [6, 6.07) is 5.81. The molecule has 0 radical (unpaired) electrons. The molecule has 0 saturated heterocycles. The van der Waals surface area contributed by atoms with Gasteiger partial charge in [-0.3, -0.25) is 9.59 Å². The number of carboxylic acid groups (broad SMARTS) is 1. The van der Waals surface area contributed by atoms with Gasteiger partial charge < -0.3 is 10.4 Å². The molecule has 0 aliphatic carbocycles. The van der Waals surface area contributed by atoms with E-state index in [9.17, 15) is 14.7 Å². The number of aliphatic carboxylic acids is 1. The van der Waals surface area contributed by atoms with Crippen LogP contribution in [0.2, 0.25) is 0 Å². The molecule has 21 heavy (non-hydrogen) atoms. The molecular weight excluding hydrogens is 266 g/mol. The Morgan fingerprint density at radius 2 is 1.76 bits per heavy atom. The fourth-order valence-corrected chi connectivity index (χ4v) is 2.41. The lowest BCUT2D eigenvalue weighted by atomic mass is 9.80. The van der Waals surface area contributed by atoms with Gasteiger partial charge in [0.25, 0.3) is 0 Å². The number of anilines is 1. The summed E-state index contributed by atoms with van der Waals surface area (Å²) >= 11 is 0. The van der Waals surface area contributed by atoms with Crippen LogP contribution in [0, 0.1) is 18.3 Å². The van der Waals surface area contributed by atoms with Gasteiger partial charge in [-0.15, -0.1) is 0 Å². The number of carbonyl (C=O) groups excluding carboxylic acids is 1. The van der Waals surface area contributed by atoms with Crippen LogP contribution in [0.1, 0.15) is 51.7 Å². The number of amides is 1. The van der Waals surface area contributed by atoms with E-state index in [0.29, 0.717) is 0 Å². The van der Waals surface area contributed by atoms with Crippen molar-refractivity contribution in [2.24, 2.45) is 11.3 Å². The Labute approximate surface area is 126 Å². The van der Waals surface area contributed by atoms with Gasteiger partial charge in [-0.05, 0) is 29.4 Å². The molecule has 0 heterocycles. The fourth-order valence-electron chi connectivity index (χ4n) is 2.41. The molecule has 1 aromatic carbocycles. The third-order valence-corrected chi connectivity index (χ3v) is 3.55. The van der Waals surface area contributed by atoms with E-state index >= 15 is 0 Å². The Bertz CT molecular complexity index is 541. The molecule has 0 bridgehead atoms. The first-order valence-corrected chi connectivity index (χ1v) is 7.19. The van der Waals surface area contributed by atoms with E-state index in [4.69, 9.17) is 0 Å². The van der Waals surface area contributed by atoms with Crippen molar-refractivity contribution in [3.05, 3.63) is 29.3 Å². The number of benzene rings is 1. The normalized spacial score (nSPS) is 13.1. The van der Waals surface area contributed by atoms with Crippen molar-refractivity contribution < 1.29 is 14.7 Å². The first-order valence-electron chi connectivity index (χ1n) is 7.19. The van der Waals surface area contributed by atoms with Crippen molar-refractivity contribution in [3.63, 3.8) is 0 Å². The number of carboxylic acids is 1. The summed E-state index contributed by atoms with van der Waals surface area (Å²) in [6.45, 7) is 11.3. The summed E-state index contributed by atoms with van der Waals surface area (Å²) in [5.74, 6) is -2.40. The lowest BCUT2D eigenvalue weighted by Crippen LogP contribution is -2.39. The van der Waals surface area contributed by atoms with Gasteiger partial charge in [-0.25, -0.2) is 0 Å². The molecule has 0 saturated carbocycles. The molecule has 2 N–H and O–H groups in total. The first-order chi connectivity index (χ1) is 9.55. The van der Waals surface area contributed by atoms with Crippen molar-refractivity contribution in [1.82, 2.24) is 0 Å². The summed E-state index contributed by atoms with van der Waals surface area (Å²) in [5, 5.41) is 12.2. The zero-order valence-corrected chi connectivity index (χ0v) is 13.7. The number of aryl methyl sites for hydroxylation is 1. The molecule has 1 atom stereocenters. The van der Waals surface area contributed by atoms with Gasteiger partial charge in [-0.2, -0.15) is 0 Å². The summed E-state index contributed by atoms with van der Waals surface area (Å²) in [5.41, 5.74) is 2.04. The molecule has 4 nitrogen and oxygen atoms in total. The number of nitrogens with one attached hydrogen (secondary N) is 1. The van der Waals surface area contributed by atoms with E-state index in [-0.39, 0.29) is 5.92 Å². The average molecular weight is 291 g/mol. The second-order valence-electron chi connectivity index (χ2n) is 6.82. The molecule has 0 aliphatic heterocycles. The lowest BCUT2D eigenvalue weighted by Gasteiger charge is -2.27. The number of hydrogen-bond acceptors (Lipinski definition) is 2. The largest absolute Gasteiger partial charge is 0.481 e. The van der Waals surface area contributed by atoms with E-state index in [2.05, 4.69) is 5.32 Å². The Morgan fingerprint density at radius 1 is 1.19 bits per heavy atom. The van der Waals surface area contributed by atoms with Gasteiger partial charge in [0.15, 0.2) is 0 Å². The van der Waals surface area contributed by atoms with E-state index < -0.39 is 23.2 Å². The van der Waals surface area contributed by atoms with Crippen LogP contribution in [0.15, 0.2) is 18.2 Å². The molecule has 1 amide bonds. The molecule has 0 aliphatic rings. The van der Waals surface area contributed by atoms with Gasteiger partial charge in [-0.1, -0.05) is 52.8 Å². The van der Waals surface area contributed by atoms with Crippen molar-refractivity contribution in [2.75, 3.05) is 5.32 Å². The van der Waals surface area contributed by atoms with Crippen LogP contribution in [-0.4, -0.2) is 17.0 Å². The minimum atomic E-state index is -1.10. The molecule has 1 aromatic rings. The van der Waals surface area contributed by atoms with Crippen molar-refractivity contribution in [2.45, 2.75) is 47.5 Å². The maximum atomic E-state index is 12.4. The second-order valence-corrected chi connectivity index (χ2v) is 6.82. The summed E-state index contributed by atoms with van der Waals surface area (Å²) in [6.07, 6.45) is 0. The Morgan fingerprint density at radius 3 is 2.19 bits per heavy atom. The van der Waals surface area contributed by atoms with Gasteiger partial charge >= 0.3 is 5.97 Å². The topological polar surface area (TPSA) is 66.4 Å². The monoisotopic (exact) mass is 291 g/mol. The van der Waals surface area contributed by atoms with Crippen LogP contribution >= 0.6 is 0 Å². The molecule has 0 fully saturated rings. The third kappa shape index (κ3) is 4.06. The van der Waals surface area contributed by atoms with E-state index in [1.807, 2.05) is 39.0 Å². The Hall–Kier alpha value is -1.84. The molecule has 116 valence electrons. The molecule has 1 rings (SSSR count). The van der Waals surface area contributed by atoms with E-state index in [1.54, 1.807) is 20.8 Å². The summed E-state index contributed by atoms with van der Waals surface area (Å²) in [4.78, 5) is 23.9. The minimum absolute atomic E-state index is 0.248.